The van der Waals surface area contributed by atoms with Crippen molar-refractivity contribution in [1.82, 2.24) is 15.3 Å². The summed E-state index contributed by atoms with van der Waals surface area (Å²) in [4.78, 5) is 8.12. The summed E-state index contributed by atoms with van der Waals surface area (Å²) in [6, 6.07) is 9.97. The number of nitrogens with one attached hydrogen (secondary N) is 1. The first-order chi connectivity index (χ1) is 8.81. The fraction of sp³-hybridized carbons (Fsp3) is 0.214. The van der Waals surface area contributed by atoms with Crippen LogP contribution in [0.25, 0.3) is 0 Å². The fourth-order valence-corrected chi connectivity index (χ4v) is 1.69. The van der Waals surface area contributed by atoms with Crippen LogP contribution in [0, 0.1) is 11.3 Å². The minimum Gasteiger partial charge on any atom is -0.306 e. The molecule has 0 unspecified atom stereocenters. The van der Waals surface area contributed by atoms with Gasteiger partial charge in [-0.2, -0.15) is 5.26 Å². The molecule has 0 bridgehead atoms. The number of nitrogens with zero attached hydrogens (tertiary/aromatic N) is 3. The Morgan fingerprint density at radius 3 is 2.89 bits per heavy atom. The zero-order valence-electron chi connectivity index (χ0n) is 10.2. The molecule has 1 N–H and O–H groups in total. The minimum atomic E-state index is 0.186. The van der Waals surface area contributed by atoms with E-state index in [1.807, 2.05) is 30.5 Å². The Hall–Kier alpha value is -2.25. The van der Waals surface area contributed by atoms with E-state index in [1.165, 1.54) is 0 Å². The Bertz CT molecular complexity index is 545. The first kappa shape index (κ1) is 12.2. The largest absolute Gasteiger partial charge is 0.306 e. The summed E-state index contributed by atoms with van der Waals surface area (Å²) in [5.41, 5.74) is 2.51. The Labute approximate surface area is 106 Å². The summed E-state index contributed by atoms with van der Waals surface area (Å²) in [6.07, 6.45) is 5.23. The summed E-state index contributed by atoms with van der Waals surface area (Å²) < 4.78 is 0. The van der Waals surface area contributed by atoms with Crippen molar-refractivity contribution >= 4 is 0 Å². The van der Waals surface area contributed by atoms with Crippen molar-refractivity contribution in [3.63, 3.8) is 0 Å². The Balaban J connectivity index is 2.02. The van der Waals surface area contributed by atoms with Gasteiger partial charge in [-0.1, -0.05) is 12.1 Å². The standard InChI is InChI=1S/C14H14N4/c1-11(12-4-2-6-16-9-12)18-10-13-5-3-7-17-14(13)8-15/h2-7,9,11,18H,10H2,1H3/t11-/m1/s1. The zero-order valence-corrected chi connectivity index (χ0v) is 10.2. The summed E-state index contributed by atoms with van der Waals surface area (Å²) in [5, 5.41) is 12.3. The number of pyridine rings is 2. The van der Waals surface area contributed by atoms with Gasteiger partial charge in [-0.05, 0) is 24.6 Å². The lowest BCUT2D eigenvalue weighted by molar-refractivity contribution is 0.571. The van der Waals surface area contributed by atoms with Gasteiger partial charge in [0.2, 0.25) is 0 Å². The number of aromatic nitrogens is 2. The molecule has 0 spiro atoms. The monoisotopic (exact) mass is 238 g/mol. The molecule has 2 heterocycles. The smallest absolute Gasteiger partial charge is 0.144 e. The predicted octanol–water partition coefficient (Wildman–Crippen LogP) is 2.20. The molecule has 0 saturated carbocycles. The van der Waals surface area contributed by atoms with E-state index in [0.29, 0.717) is 12.2 Å². The molecule has 0 aliphatic carbocycles. The lowest BCUT2D eigenvalue weighted by atomic mass is 10.1. The molecule has 0 aliphatic heterocycles. The van der Waals surface area contributed by atoms with Gasteiger partial charge in [0.05, 0.1) is 0 Å². The number of hydrogen-bond acceptors (Lipinski definition) is 4. The van der Waals surface area contributed by atoms with Gasteiger partial charge < -0.3 is 5.32 Å². The summed E-state index contributed by atoms with van der Waals surface area (Å²) in [5.74, 6) is 0. The summed E-state index contributed by atoms with van der Waals surface area (Å²) >= 11 is 0. The van der Waals surface area contributed by atoms with Crippen LogP contribution in [-0.4, -0.2) is 9.97 Å². The predicted molar refractivity (Wildman–Crippen MR) is 68.4 cm³/mol. The Morgan fingerprint density at radius 2 is 2.17 bits per heavy atom. The van der Waals surface area contributed by atoms with Gasteiger partial charge in [0.1, 0.15) is 11.8 Å². The molecule has 0 fully saturated rings. The Morgan fingerprint density at radius 1 is 1.33 bits per heavy atom. The maximum atomic E-state index is 8.95. The number of hydrogen-bond donors (Lipinski definition) is 1. The fourth-order valence-electron chi connectivity index (χ4n) is 1.69. The first-order valence-electron chi connectivity index (χ1n) is 5.78. The van der Waals surface area contributed by atoms with Gasteiger partial charge in [0.15, 0.2) is 0 Å². The second-order valence-electron chi connectivity index (χ2n) is 4.01. The molecular formula is C14H14N4. The molecule has 0 amide bonds. The molecule has 18 heavy (non-hydrogen) atoms. The molecule has 1 atom stereocenters. The van der Waals surface area contributed by atoms with E-state index < -0.39 is 0 Å². The van der Waals surface area contributed by atoms with Crippen molar-refractivity contribution in [3.05, 3.63) is 59.7 Å². The van der Waals surface area contributed by atoms with E-state index in [4.69, 9.17) is 5.26 Å². The minimum absolute atomic E-state index is 0.186. The van der Waals surface area contributed by atoms with E-state index in [2.05, 4.69) is 28.3 Å². The molecule has 0 aromatic carbocycles. The van der Waals surface area contributed by atoms with Crippen LogP contribution in [0.1, 0.15) is 29.8 Å². The van der Waals surface area contributed by atoms with Crippen LogP contribution in [0.4, 0.5) is 0 Å². The van der Waals surface area contributed by atoms with Crippen LogP contribution < -0.4 is 5.32 Å². The van der Waals surface area contributed by atoms with Gasteiger partial charge in [-0.25, -0.2) is 4.98 Å². The van der Waals surface area contributed by atoms with Crippen molar-refractivity contribution < 1.29 is 0 Å². The molecule has 4 heteroatoms. The molecule has 4 nitrogen and oxygen atoms in total. The molecule has 0 radical (unpaired) electrons. The zero-order chi connectivity index (χ0) is 12.8. The average Bonchev–Trinajstić information content (AvgIpc) is 2.46. The van der Waals surface area contributed by atoms with Crippen molar-refractivity contribution in [3.8, 4) is 6.07 Å². The van der Waals surface area contributed by atoms with Crippen molar-refractivity contribution in [2.24, 2.45) is 0 Å². The van der Waals surface area contributed by atoms with Crippen molar-refractivity contribution in [1.29, 1.82) is 5.26 Å². The van der Waals surface area contributed by atoms with E-state index in [0.717, 1.165) is 11.1 Å². The normalized spacial score (nSPS) is 11.8. The van der Waals surface area contributed by atoms with Crippen LogP contribution in [0.15, 0.2) is 42.9 Å². The van der Waals surface area contributed by atoms with Crippen molar-refractivity contribution in [2.75, 3.05) is 0 Å². The molecule has 90 valence electrons. The van der Waals surface area contributed by atoms with Gasteiger partial charge in [-0.3, -0.25) is 4.98 Å². The molecule has 0 aliphatic rings. The van der Waals surface area contributed by atoms with Gasteiger partial charge in [0.25, 0.3) is 0 Å². The van der Waals surface area contributed by atoms with E-state index in [-0.39, 0.29) is 6.04 Å². The topological polar surface area (TPSA) is 61.6 Å². The molecule has 2 aromatic rings. The third kappa shape index (κ3) is 2.90. The van der Waals surface area contributed by atoms with Gasteiger partial charge in [-0.15, -0.1) is 0 Å². The molecule has 0 saturated heterocycles. The summed E-state index contributed by atoms with van der Waals surface area (Å²) in [6.45, 7) is 2.69. The maximum absolute atomic E-state index is 8.95. The highest BCUT2D eigenvalue weighted by molar-refractivity contribution is 5.30. The molecule has 2 aromatic heterocycles. The maximum Gasteiger partial charge on any atom is 0.144 e. The SMILES string of the molecule is C[C@@H](NCc1cccnc1C#N)c1cccnc1. The van der Waals surface area contributed by atoms with E-state index in [9.17, 15) is 0 Å². The van der Waals surface area contributed by atoms with Crippen LogP contribution in [0.3, 0.4) is 0 Å². The van der Waals surface area contributed by atoms with Gasteiger partial charge in [0, 0.05) is 36.7 Å². The van der Waals surface area contributed by atoms with Gasteiger partial charge >= 0.3 is 0 Å². The lowest BCUT2D eigenvalue weighted by Crippen LogP contribution is -2.19. The third-order valence-electron chi connectivity index (χ3n) is 2.78. The Kier molecular flexibility index (Phi) is 4.00. The first-order valence-corrected chi connectivity index (χ1v) is 5.78. The van der Waals surface area contributed by atoms with Crippen LogP contribution in [0.2, 0.25) is 0 Å². The van der Waals surface area contributed by atoms with Crippen molar-refractivity contribution in [2.45, 2.75) is 19.5 Å². The van der Waals surface area contributed by atoms with E-state index in [1.54, 1.807) is 12.4 Å². The average molecular weight is 238 g/mol. The van der Waals surface area contributed by atoms with Crippen LogP contribution in [-0.2, 0) is 6.54 Å². The third-order valence-corrected chi connectivity index (χ3v) is 2.78. The molecule has 2 rings (SSSR count). The van der Waals surface area contributed by atoms with Crippen LogP contribution in [0.5, 0.6) is 0 Å². The highest BCUT2D eigenvalue weighted by atomic mass is 14.9. The van der Waals surface area contributed by atoms with E-state index >= 15 is 0 Å². The second kappa shape index (κ2) is 5.89. The number of nitriles is 1. The summed E-state index contributed by atoms with van der Waals surface area (Å²) in [7, 11) is 0. The van der Waals surface area contributed by atoms with Crippen LogP contribution >= 0.6 is 0 Å². The highest BCUT2D eigenvalue weighted by Gasteiger charge is 2.07. The lowest BCUT2D eigenvalue weighted by Gasteiger charge is -2.14. The number of rotatable bonds is 4. The molecular weight excluding hydrogens is 224 g/mol. The quantitative estimate of drug-likeness (QED) is 0.887. The second-order valence-corrected chi connectivity index (χ2v) is 4.01. The highest BCUT2D eigenvalue weighted by Crippen LogP contribution is 2.12.